The van der Waals surface area contributed by atoms with E-state index in [1.165, 1.54) is 0 Å². The first-order valence-corrected chi connectivity index (χ1v) is 11.8. The molecule has 1 N–H and O–H groups in total. The summed E-state index contributed by atoms with van der Waals surface area (Å²) in [6.45, 7) is 4.89. The van der Waals surface area contributed by atoms with Gasteiger partial charge in [0.25, 0.3) is 0 Å². The van der Waals surface area contributed by atoms with Gasteiger partial charge < -0.3 is 19.2 Å². The molecule has 7 nitrogen and oxygen atoms in total. The molecule has 1 unspecified atom stereocenters. The summed E-state index contributed by atoms with van der Waals surface area (Å²) in [4.78, 5) is 6.98. The first-order chi connectivity index (χ1) is 17.2. The molecule has 35 heavy (non-hydrogen) atoms. The zero-order chi connectivity index (χ0) is 24.2. The second-order valence-corrected chi connectivity index (χ2v) is 8.69. The Hall–Kier alpha value is -4.02. The largest absolute Gasteiger partial charge is 0.493 e. The van der Waals surface area contributed by atoms with Crippen molar-refractivity contribution in [2.75, 3.05) is 32.1 Å². The predicted octanol–water partition coefficient (Wildman–Crippen LogP) is 6.02. The van der Waals surface area contributed by atoms with Gasteiger partial charge in [-0.3, -0.25) is 9.88 Å². The minimum Gasteiger partial charge on any atom is -0.493 e. The average molecular weight is 469 g/mol. The smallest absolute Gasteiger partial charge is 0.163 e. The van der Waals surface area contributed by atoms with Gasteiger partial charge in [-0.2, -0.15) is 5.26 Å². The summed E-state index contributed by atoms with van der Waals surface area (Å²) in [7, 11) is 1.62. The number of furan rings is 1. The average Bonchev–Trinajstić information content (AvgIpc) is 3.39. The highest BCUT2D eigenvalue weighted by Crippen LogP contribution is 2.38. The molecule has 5 rings (SSSR count). The molecule has 7 heteroatoms. The lowest BCUT2D eigenvalue weighted by molar-refractivity contribution is 0.185. The Morgan fingerprint density at radius 2 is 2.14 bits per heavy atom. The summed E-state index contributed by atoms with van der Waals surface area (Å²) in [6.07, 6.45) is 9.71. The van der Waals surface area contributed by atoms with E-state index < -0.39 is 0 Å². The van der Waals surface area contributed by atoms with Gasteiger partial charge >= 0.3 is 0 Å². The summed E-state index contributed by atoms with van der Waals surface area (Å²) in [5.74, 6) is 1.24. The van der Waals surface area contributed by atoms with Gasteiger partial charge in [0.2, 0.25) is 0 Å². The molecule has 0 saturated heterocycles. The van der Waals surface area contributed by atoms with Crippen LogP contribution in [0.4, 0.5) is 11.4 Å². The minimum absolute atomic E-state index is 0.432. The summed E-state index contributed by atoms with van der Waals surface area (Å²) >= 11 is 0. The molecule has 178 valence electrons. The van der Waals surface area contributed by atoms with E-state index in [0.29, 0.717) is 40.9 Å². The Kier molecular flexibility index (Phi) is 6.55. The van der Waals surface area contributed by atoms with Crippen LogP contribution < -0.4 is 14.8 Å². The van der Waals surface area contributed by atoms with Crippen molar-refractivity contribution in [3.05, 3.63) is 66.6 Å². The summed E-state index contributed by atoms with van der Waals surface area (Å²) < 4.78 is 17.5. The zero-order valence-electron chi connectivity index (χ0n) is 20.0. The van der Waals surface area contributed by atoms with Gasteiger partial charge in [-0.25, -0.2) is 0 Å². The van der Waals surface area contributed by atoms with Crippen molar-refractivity contribution in [1.29, 1.82) is 5.26 Å². The predicted molar refractivity (Wildman–Crippen MR) is 137 cm³/mol. The highest BCUT2D eigenvalue weighted by Gasteiger charge is 2.17. The van der Waals surface area contributed by atoms with Crippen LogP contribution in [0.2, 0.25) is 0 Å². The Labute approximate surface area is 204 Å². The maximum absolute atomic E-state index is 9.77. The van der Waals surface area contributed by atoms with E-state index in [1.807, 2.05) is 36.4 Å². The highest BCUT2D eigenvalue weighted by atomic mass is 16.5. The van der Waals surface area contributed by atoms with Crippen molar-refractivity contribution in [2.24, 2.45) is 0 Å². The number of aromatic nitrogens is 1. The molecule has 0 aliphatic carbocycles. The van der Waals surface area contributed by atoms with Gasteiger partial charge in [0.15, 0.2) is 17.1 Å². The second-order valence-electron chi connectivity index (χ2n) is 8.69. The number of para-hydroxylation sites is 1. The van der Waals surface area contributed by atoms with Crippen molar-refractivity contribution in [1.82, 2.24) is 9.88 Å². The maximum Gasteiger partial charge on any atom is 0.163 e. The van der Waals surface area contributed by atoms with Gasteiger partial charge in [0.1, 0.15) is 6.07 Å². The lowest BCUT2D eigenvalue weighted by Gasteiger charge is -2.29. The molecular formula is C28H28N4O3. The number of fused-ring (bicyclic) bond motifs is 2. The van der Waals surface area contributed by atoms with Crippen molar-refractivity contribution in [3.8, 4) is 17.6 Å². The van der Waals surface area contributed by atoms with Gasteiger partial charge in [0.05, 0.1) is 42.4 Å². The number of rotatable bonds is 8. The monoisotopic (exact) mass is 468 g/mol. The molecule has 0 radical (unpaired) electrons. The third-order valence-electron chi connectivity index (χ3n) is 6.52. The molecule has 0 bridgehead atoms. The molecule has 0 spiro atoms. The van der Waals surface area contributed by atoms with Crippen LogP contribution in [-0.4, -0.2) is 42.7 Å². The van der Waals surface area contributed by atoms with Crippen molar-refractivity contribution in [2.45, 2.75) is 25.8 Å². The number of nitrogens with zero attached hydrogens (tertiary/aromatic N) is 3. The van der Waals surface area contributed by atoms with Crippen molar-refractivity contribution in [3.63, 3.8) is 0 Å². The van der Waals surface area contributed by atoms with Gasteiger partial charge in [-0.1, -0.05) is 24.3 Å². The molecule has 0 amide bonds. The number of ether oxygens (including phenoxy) is 2. The molecule has 3 heterocycles. The summed E-state index contributed by atoms with van der Waals surface area (Å²) in [6, 6.07) is 14.2. The first-order valence-electron chi connectivity index (χ1n) is 11.8. The van der Waals surface area contributed by atoms with Crippen molar-refractivity contribution >= 4 is 33.2 Å². The fraction of sp³-hybridized carbons (Fsp3) is 0.286. The minimum atomic E-state index is 0.432. The van der Waals surface area contributed by atoms with E-state index in [2.05, 4.69) is 40.3 Å². The number of hydrogen-bond donors (Lipinski definition) is 1. The van der Waals surface area contributed by atoms with Crippen LogP contribution in [0.1, 0.15) is 25.3 Å². The summed E-state index contributed by atoms with van der Waals surface area (Å²) in [5.41, 5.74) is 3.30. The lowest BCUT2D eigenvalue weighted by atomic mass is 10.1. The number of benzene rings is 2. The van der Waals surface area contributed by atoms with Crippen LogP contribution in [0.25, 0.3) is 21.9 Å². The van der Waals surface area contributed by atoms with E-state index in [4.69, 9.17) is 13.9 Å². The van der Waals surface area contributed by atoms with Crippen molar-refractivity contribution < 1.29 is 13.9 Å². The van der Waals surface area contributed by atoms with Crippen LogP contribution >= 0.6 is 0 Å². The third kappa shape index (κ3) is 4.66. The maximum atomic E-state index is 9.77. The van der Waals surface area contributed by atoms with E-state index in [1.54, 1.807) is 19.6 Å². The topological polar surface area (TPSA) is 83.5 Å². The SMILES string of the molecule is COc1cc2c(Nc3cccc4ccoc34)c(C#N)cnc2cc1OCCC(C)N1CC=CCC1. The zero-order valence-corrected chi connectivity index (χ0v) is 20.0. The molecule has 0 fully saturated rings. The molecule has 2 aromatic heterocycles. The number of methoxy groups -OCH3 is 1. The van der Waals surface area contributed by atoms with Crippen LogP contribution in [-0.2, 0) is 0 Å². The number of nitriles is 1. The molecule has 1 atom stereocenters. The van der Waals surface area contributed by atoms with Crippen LogP contribution in [0, 0.1) is 11.3 Å². The van der Waals surface area contributed by atoms with E-state index >= 15 is 0 Å². The Morgan fingerprint density at radius 1 is 1.23 bits per heavy atom. The summed E-state index contributed by atoms with van der Waals surface area (Å²) in [5, 5.41) is 14.9. The van der Waals surface area contributed by atoms with Crippen LogP contribution in [0.3, 0.4) is 0 Å². The molecule has 1 aliphatic rings. The molecule has 1 aliphatic heterocycles. The van der Waals surface area contributed by atoms with Crippen LogP contribution in [0.5, 0.6) is 11.5 Å². The Balaban J connectivity index is 1.42. The third-order valence-corrected chi connectivity index (χ3v) is 6.52. The fourth-order valence-electron chi connectivity index (χ4n) is 4.50. The Bertz CT molecular complexity index is 1420. The highest BCUT2D eigenvalue weighted by molar-refractivity contribution is 6.00. The second kappa shape index (κ2) is 10.1. The molecule has 2 aromatic carbocycles. The van der Waals surface area contributed by atoms with E-state index in [-0.39, 0.29) is 0 Å². The standard InChI is InChI=1S/C28H28N4O3/c1-19(32-11-4-3-5-12-32)9-13-34-26-16-24-22(15-25(26)33-2)27(21(17-29)18-30-24)31-23-8-6-7-20-10-14-35-28(20)23/h3-4,6-8,10,14-16,18-19H,5,9,11-13H2,1-2H3,(H,30,31). The van der Waals surface area contributed by atoms with Gasteiger partial charge in [-0.15, -0.1) is 0 Å². The number of anilines is 2. The van der Waals surface area contributed by atoms with E-state index in [0.717, 1.165) is 48.0 Å². The molecule has 0 saturated carbocycles. The van der Waals surface area contributed by atoms with Gasteiger partial charge in [0, 0.05) is 42.2 Å². The van der Waals surface area contributed by atoms with Crippen LogP contribution in [0.15, 0.2) is 65.4 Å². The first kappa shape index (κ1) is 22.8. The fourth-order valence-corrected chi connectivity index (χ4v) is 4.50. The quantitative estimate of drug-likeness (QED) is 0.316. The lowest BCUT2D eigenvalue weighted by Crippen LogP contribution is -2.36. The van der Waals surface area contributed by atoms with E-state index in [9.17, 15) is 5.26 Å². The number of nitrogens with one attached hydrogen (secondary N) is 1. The Morgan fingerprint density at radius 3 is 2.94 bits per heavy atom. The molecular weight excluding hydrogens is 440 g/mol. The van der Waals surface area contributed by atoms with Gasteiger partial charge in [-0.05, 0) is 38.0 Å². The molecule has 4 aromatic rings. The number of pyridine rings is 1. The normalized spacial score (nSPS) is 14.7. The number of hydrogen-bond acceptors (Lipinski definition) is 7.